The largest absolute Gasteiger partial charge is 0.465 e. The van der Waals surface area contributed by atoms with Gasteiger partial charge in [0.1, 0.15) is 23.7 Å². The van der Waals surface area contributed by atoms with E-state index in [0.717, 1.165) is 21.4 Å². The van der Waals surface area contributed by atoms with E-state index in [2.05, 4.69) is 26.2 Å². The van der Waals surface area contributed by atoms with Crippen molar-refractivity contribution in [1.29, 1.82) is 0 Å². The van der Waals surface area contributed by atoms with Gasteiger partial charge in [-0.1, -0.05) is 23.7 Å². The quantitative estimate of drug-likeness (QED) is 0.636. The van der Waals surface area contributed by atoms with Crippen molar-refractivity contribution < 1.29 is 9.53 Å². The van der Waals surface area contributed by atoms with E-state index in [9.17, 15) is 4.79 Å². The summed E-state index contributed by atoms with van der Waals surface area (Å²) in [6.45, 7) is 2.18. The third-order valence-electron chi connectivity index (χ3n) is 3.39. The zero-order valence-corrected chi connectivity index (χ0v) is 15.3. The number of anilines is 1. The summed E-state index contributed by atoms with van der Waals surface area (Å²) in [4.78, 5) is 16.4. The fourth-order valence-electron chi connectivity index (χ4n) is 2.39. The average Bonchev–Trinajstić information content (AvgIpc) is 2.91. The van der Waals surface area contributed by atoms with Crippen LogP contribution in [-0.2, 0) is 9.53 Å². The summed E-state index contributed by atoms with van der Waals surface area (Å²) in [6.07, 6.45) is 1.89. The Hall–Kier alpha value is -2.05. The van der Waals surface area contributed by atoms with Gasteiger partial charge < -0.3 is 10.1 Å². The highest BCUT2D eigenvalue weighted by Crippen LogP contribution is 2.31. The second-order valence-corrected chi connectivity index (χ2v) is 6.41. The number of nitrogens with one attached hydrogen (secondary N) is 1. The molecule has 2 aromatic heterocycles. The van der Waals surface area contributed by atoms with Crippen LogP contribution in [-0.4, -0.2) is 28.5 Å². The number of pyridine rings is 1. The number of carbonyl (C=O) groups excluding carboxylic acids is 1. The Labute approximate surface area is 152 Å². The van der Waals surface area contributed by atoms with E-state index in [1.54, 1.807) is 6.92 Å². The van der Waals surface area contributed by atoms with Crippen LogP contribution in [0.2, 0.25) is 5.02 Å². The summed E-state index contributed by atoms with van der Waals surface area (Å²) >= 11 is 9.56. The van der Waals surface area contributed by atoms with E-state index in [4.69, 9.17) is 16.3 Å². The fourth-order valence-corrected chi connectivity index (χ4v) is 2.92. The van der Waals surface area contributed by atoms with Gasteiger partial charge in [0.2, 0.25) is 0 Å². The molecule has 0 fully saturated rings. The molecule has 2 heterocycles. The topological polar surface area (TPSA) is 55.6 Å². The first kappa shape index (κ1) is 16.8. The Bertz CT molecular complexity index is 895. The number of aromatic nitrogens is 2. The van der Waals surface area contributed by atoms with Crippen LogP contribution in [0.25, 0.3) is 16.9 Å². The molecule has 0 aliphatic carbocycles. The van der Waals surface area contributed by atoms with Crippen molar-refractivity contribution in [1.82, 2.24) is 9.38 Å². The maximum atomic E-state index is 11.7. The van der Waals surface area contributed by atoms with E-state index in [1.807, 2.05) is 47.0 Å². The van der Waals surface area contributed by atoms with Crippen molar-refractivity contribution in [2.24, 2.45) is 0 Å². The molecule has 0 aliphatic heterocycles. The summed E-state index contributed by atoms with van der Waals surface area (Å²) in [5, 5.41) is 3.75. The molecule has 0 aliphatic rings. The number of ether oxygens (including phenoxy) is 1. The normalized spacial score (nSPS) is 10.8. The van der Waals surface area contributed by atoms with Crippen LogP contribution in [0.15, 0.2) is 47.1 Å². The van der Waals surface area contributed by atoms with Gasteiger partial charge in [0.15, 0.2) is 0 Å². The molecule has 7 heteroatoms. The minimum atomic E-state index is -0.320. The van der Waals surface area contributed by atoms with Gasteiger partial charge in [-0.2, -0.15) is 0 Å². The number of hydrogen-bond donors (Lipinski definition) is 1. The van der Waals surface area contributed by atoms with E-state index >= 15 is 0 Å². The Kier molecular flexibility index (Phi) is 5.06. The molecule has 124 valence electrons. The number of imidazole rings is 1. The molecular formula is C17H15BrClN3O2. The summed E-state index contributed by atoms with van der Waals surface area (Å²) in [6, 6.07) is 11.3. The molecule has 1 aromatic carbocycles. The maximum absolute atomic E-state index is 11.7. The van der Waals surface area contributed by atoms with Gasteiger partial charge >= 0.3 is 5.97 Å². The van der Waals surface area contributed by atoms with Crippen molar-refractivity contribution >= 4 is 45.0 Å². The molecule has 0 radical (unpaired) electrons. The SMILES string of the molecule is CCOC(=O)CNc1c(-c2cccc(Cl)c2)nc2ccc(Br)cn12. The molecule has 1 N–H and O–H groups in total. The van der Waals surface area contributed by atoms with Gasteiger partial charge in [-0.25, -0.2) is 4.98 Å². The first-order chi connectivity index (χ1) is 11.6. The fraction of sp³-hybridized carbons (Fsp3) is 0.176. The molecule has 3 aromatic rings. The van der Waals surface area contributed by atoms with Gasteiger partial charge in [-0.3, -0.25) is 9.20 Å². The van der Waals surface area contributed by atoms with Crippen molar-refractivity contribution in [3.05, 3.63) is 52.1 Å². The predicted molar refractivity (Wildman–Crippen MR) is 98.5 cm³/mol. The average molecular weight is 409 g/mol. The molecule has 3 rings (SSSR count). The predicted octanol–water partition coefficient (Wildman–Crippen LogP) is 4.39. The third-order valence-corrected chi connectivity index (χ3v) is 4.09. The van der Waals surface area contributed by atoms with Gasteiger partial charge in [0, 0.05) is 21.3 Å². The molecule has 5 nitrogen and oxygen atoms in total. The lowest BCUT2D eigenvalue weighted by Gasteiger charge is -2.09. The number of carbonyl (C=O) groups is 1. The van der Waals surface area contributed by atoms with Crippen LogP contribution < -0.4 is 5.32 Å². The first-order valence-electron chi connectivity index (χ1n) is 7.41. The molecule has 0 saturated carbocycles. The van der Waals surface area contributed by atoms with Crippen LogP contribution in [0.5, 0.6) is 0 Å². The van der Waals surface area contributed by atoms with Crippen LogP contribution in [0.4, 0.5) is 5.82 Å². The summed E-state index contributed by atoms with van der Waals surface area (Å²) in [5.74, 6) is 0.390. The lowest BCUT2D eigenvalue weighted by Crippen LogP contribution is -2.17. The first-order valence-corrected chi connectivity index (χ1v) is 8.58. The molecule has 0 atom stereocenters. The number of fused-ring (bicyclic) bond motifs is 1. The zero-order valence-electron chi connectivity index (χ0n) is 12.9. The lowest BCUT2D eigenvalue weighted by molar-refractivity contribution is -0.140. The van der Waals surface area contributed by atoms with Crippen molar-refractivity contribution in [3.8, 4) is 11.3 Å². The van der Waals surface area contributed by atoms with E-state index < -0.39 is 0 Å². The van der Waals surface area contributed by atoms with E-state index in [-0.39, 0.29) is 12.5 Å². The lowest BCUT2D eigenvalue weighted by atomic mass is 10.1. The second kappa shape index (κ2) is 7.23. The van der Waals surface area contributed by atoms with Crippen molar-refractivity contribution in [3.63, 3.8) is 0 Å². The number of benzene rings is 1. The second-order valence-electron chi connectivity index (χ2n) is 5.05. The van der Waals surface area contributed by atoms with E-state index in [1.165, 1.54) is 0 Å². The summed E-state index contributed by atoms with van der Waals surface area (Å²) in [5.41, 5.74) is 2.35. The van der Waals surface area contributed by atoms with Gasteiger partial charge in [-0.05, 0) is 47.1 Å². The highest BCUT2D eigenvalue weighted by molar-refractivity contribution is 9.10. The number of nitrogens with zero attached hydrogens (tertiary/aromatic N) is 2. The molecule has 24 heavy (non-hydrogen) atoms. The third kappa shape index (κ3) is 3.55. The highest BCUT2D eigenvalue weighted by atomic mass is 79.9. The number of rotatable bonds is 5. The van der Waals surface area contributed by atoms with Gasteiger partial charge in [-0.15, -0.1) is 0 Å². The van der Waals surface area contributed by atoms with Crippen LogP contribution in [0, 0.1) is 0 Å². The van der Waals surface area contributed by atoms with Crippen LogP contribution in [0.1, 0.15) is 6.92 Å². The molecule has 0 amide bonds. The standard InChI is InChI=1S/C17H15BrClN3O2/c1-2-24-15(23)9-20-17-16(11-4-3-5-13(19)8-11)21-14-7-6-12(18)10-22(14)17/h3-8,10,20H,2,9H2,1H3. The smallest absolute Gasteiger partial charge is 0.325 e. The Morgan fingerprint density at radius 1 is 1.38 bits per heavy atom. The van der Waals surface area contributed by atoms with Crippen molar-refractivity contribution in [2.75, 3.05) is 18.5 Å². The Balaban J connectivity index is 2.07. The zero-order chi connectivity index (χ0) is 17.1. The Morgan fingerprint density at radius 3 is 2.96 bits per heavy atom. The minimum absolute atomic E-state index is 0.0573. The van der Waals surface area contributed by atoms with Crippen molar-refractivity contribution in [2.45, 2.75) is 6.92 Å². The van der Waals surface area contributed by atoms with Crippen LogP contribution >= 0.6 is 27.5 Å². The molecule has 0 unspecified atom stereocenters. The Morgan fingerprint density at radius 2 is 2.21 bits per heavy atom. The molecule has 0 saturated heterocycles. The summed E-state index contributed by atoms with van der Waals surface area (Å²) < 4.78 is 7.77. The van der Waals surface area contributed by atoms with Crippen LogP contribution in [0.3, 0.4) is 0 Å². The molecular weight excluding hydrogens is 394 g/mol. The van der Waals surface area contributed by atoms with Gasteiger partial charge in [0.05, 0.1) is 6.61 Å². The highest BCUT2D eigenvalue weighted by Gasteiger charge is 2.15. The summed E-state index contributed by atoms with van der Waals surface area (Å²) in [7, 11) is 0. The van der Waals surface area contributed by atoms with Gasteiger partial charge in [0.25, 0.3) is 0 Å². The minimum Gasteiger partial charge on any atom is -0.465 e. The number of esters is 1. The monoisotopic (exact) mass is 407 g/mol. The maximum Gasteiger partial charge on any atom is 0.325 e. The van der Waals surface area contributed by atoms with E-state index in [0.29, 0.717) is 17.4 Å². The molecule has 0 spiro atoms. The molecule has 0 bridgehead atoms. The number of hydrogen-bond acceptors (Lipinski definition) is 4. The number of halogens is 2.